The van der Waals surface area contributed by atoms with Crippen LogP contribution in [0.1, 0.15) is 13.8 Å². The first-order chi connectivity index (χ1) is 9.16. The molecule has 0 saturated heterocycles. The number of carbonyl (C=O) groups is 1. The van der Waals surface area contributed by atoms with E-state index in [4.69, 9.17) is 4.74 Å². The standard InChI is InChI=1S/C17H16O2/c1-13(2)12-17(18)19-16-11-7-6-10-15(16)14-8-4-3-5-9-14/h3-12H,1-2H3. The molecule has 0 radical (unpaired) electrons. The highest BCUT2D eigenvalue weighted by Crippen LogP contribution is 2.29. The van der Waals surface area contributed by atoms with Gasteiger partial charge in [-0.2, -0.15) is 0 Å². The summed E-state index contributed by atoms with van der Waals surface area (Å²) in [5, 5.41) is 0. The van der Waals surface area contributed by atoms with Gasteiger partial charge < -0.3 is 4.74 Å². The SMILES string of the molecule is CC(C)=CC(=O)Oc1ccccc1-c1ccccc1. The summed E-state index contributed by atoms with van der Waals surface area (Å²) >= 11 is 0. The zero-order valence-electron chi connectivity index (χ0n) is 11.1. The third-order valence-corrected chi connectivity index (χ3v) is 2.59. The second-order valence-electron chi connectivity index (χ2n) is 4.50. The van der Waals surface area contributed by atoms with E-state index in [1.54, 1.807) is 6.07 Å². The van der Waals surface area contributed by atoms with Crippen molar-refractivity contribution in [3.8, 4) is 16.9 Å². The summed E-state index contributed by atoms with van der Waals surface area (Å²) in [6.07, 6.45) is 1.49. The second kappa shape index (κ2) is 6.01. The van der Waals surface area contributed by atoms with Crippen LogP contribution in [0, 0.1) is 0 Å². The number of para-hydroxylation sites is 1. The minimum Gasteiger partial charge on any atom is -0.423 e. The Bertz CT molecular complexity index is 594. The van der Waals surface area contributed by atoms with Gasteiger partial charge in [-0.15, -0.1) is 0 Å². The molecule has 2 nitrogen and oxygen atoms in total. The molecule has 2 heteroatoms. The summed E-state index contributed by atoms with van der Waals surface area (Å²) in [6, 6.07) is 17.4. The maximum absolute atomic E-state index is 11.7. The van der Waals surface area contributed by atoms with Crippen molar-refractivity contribution in [1.29, 1.82) is 0 Å². The maximum atomic E-state index is 11.7. The Labute approximate surface area is 113 Å². The Morgan fingerprint density at radius 1 is 0.947 bits per heavy atom. The summed E-state index contributed by atoms with van der Waals surface area (Å²) in [4.78, 5) is 11.7. The van der Waals surface area contributed by atoms with E-state index in [-0.39, 0.29) is 5.97 Å². The number of hydrogen-bond acceptors (Lipinski definition) is 2. The van der Waals surface area contributed by atoms with E-state index >= 15 is 0 Å². The number of hydrogen-bond donors (Lipinski definition) is 0. The molecule has 2 aromatic rings. The van der Waals surface area contributed by atoms with Gasteiger partial charge >= 0.3 is 5.97 Å². The number of allylic oxidation sites excluding steroid dienone is 1. The van der Waals surface area contributed by atoms with Crippen molar-refractivity contribution in [3.05, 3.63) is 66.2 Å². The first kappa shape index (κ1) is 13.1. The number of ether oxygens (including phenoxy) is 1. The van der Waals surface area contributed by atoms with Gasteiger partial charge in [-0.1, -0.05) is 54.1 Å². The number of esters is 1. The highest BCUT2D eigenvalue weighted by Gasteiger charge is 2.08. The molecule has 2 aromatic carbocycles. The average molecular weight is 252 g/mol. The van der Waals surface area contributed by atoms with Crippen LogP contribution < -0.4 is 4.74 Å². The molecule has 0 aliphatic carbocycles. The van der Waals surface area contributed by atoms with Gasteiger partial charge in [0.05, 0.1) is 0 Å². The van der Waals surface area contributed by atoms with E-state index < -0.39 is 0 Å². The lowest BCUT2D eigenvalue weighted by Gasteiger charge is -2.09. The zero-order chi connectivity index (χ0) is 13.7. The van der Waals surface area contributed by atoms with Crippen LogP contribution in [-0.4, -0.2) is 5.97 Å². The van der Waals surface area contributed by atoms with Crippen molar-refractivity contribution in [1.82, 2.24) is 0 Å². The van der Waals surface area contributed by atoms with E-state index in [0.717, 1.165) is 16.7 Å². The lowest BCUT2D eigenvalue weighted by atomic mass is 10.1. The Hall–Kier alpha value is -2.35. The van der Waals surface area contributed by atoms with Crippen molar-refractivity contribution in [2.75, 3.05) is 0 Å². The van der Waals surface area contributed by atoms with E-state index in [0.29, 0.717) is 5.75 Å². The highest BCUT2D eigenvalue weighted by molar-refractivity contribution is 5.86. The van der Waals surface area contributed by atoms with Gasteiger partial charge in [-0.25, -0.2) is 4.79 Å². The molecule has 0 spiro atoms. The van der Waals surface area contributed by atoms with E-state index in [9.17, 15) is 4.79 Å². The molecule has 0 heterocycles. The van der Waals surface area contributed by atoms with Gasteiger partial charge in [-0.3, -0.25) is 0 Å². The molecule has 0 amide bonds. The molecule has 19 heavy (non-hydrogen) atoms. The van der Waals surface area contributed by atoms with E-state index in [1.165, 1.54) is 6.08 Å². The zero-order valence-corrected chi connectivity index (χ0v) is 11.1. The number of rotatable bonds is 3. The molecular weight excluding hydrogens is 236 g/mol. The van der Waals surface area contributed by atoms with Crippen LogP contribution in [0.5, 0.6) is 5.75 Å². The van der Waals surface area contributed by atoms with E-state index in [2.05, 4.69) is 0 Å². The quantitative estimate of drug-likeness (QED) is 0.464. The maximum Gasteiger partial charge on any atom is 0.336 e. The molecule has 0 bridgehead atoms. The molecular formula is C17H16O2. The topological polar surface area (TPSA) is 26.3 Å². The molecule has 0 saturated carbocycles. The van der Waals surface area contributed by atoms with Gasteiger partial charge in [0.2, 0.25) is 0 Å². The normalized spacial score (nSPS) is 9.79. The fourth-order valence-corrected chi connectivity index (χ4v) is 1.79. The molecule has 0 aliphatic heterocycles. The van der Waals surface area contributed by atoms with Crippen LogP contribution in [0.3, 0.4) is 0 Å². The smallest absolute Gasteiger partial charge is 0.336 e. The fourth-order valence-electron chi connectivity index (χ4n) is 1.79. The second-order valence-corrected chi connectivity index (χ2v) is 4.50. The van der Waals surface area contributed by atoms with Crippen LogP contribution in [0.25, 0.3) is 11.1 Å². The Balaban J connectivity index is 2.32. The summed E-state index contributed by atoms with van der Waals surface area (Å²) < 4.78 is 5.40. The van der Waals surface area contributed by atoms with Crippen LogP contribution >= 0.6 is 0 Å². The molecule has 0 N–H and O–H groups in total. The van der Waals surface area contributed by atoms with Crippen molar-refractivity contribution >= 4 is 5.97 Å². The molecule has 0 fully saturated rings. The molecule has 0 aromatic heterocycles. The van der Waals surface area contributed by atoms with Crippen LogP contribution in [0.2, 0.25) is 0 Å². The third-order valence-electron chi connectivity index (χ3n) is 2.59. The van der Waals surface area contributed by atoms with Gasteiger partial charge in [0.15, 0.2) is 0 Å². The van der Waals surface area contributed by atoms with Crippen molar-refractivity contribution in [2.45, 2.75) is 13.8 Å². The average Bonchev–Trinajstić information content (AvgIpc) is 2.39. The Morgan fingerprint density at radius 3 is 2.26 bits per heavy atom. The van der Waals surface area contributed by atoms with Crippen LogP contribution in [-0.2, 0) is 4.79 Å². The first-order valence-electron chi connectivity index (χ1n) is 6.18. The predicted octanol–water partition coefficient (Wildman–Crippen LogP) is 4.23. The summed E-state index contributed by atoms with van der Waals surface area (Å²) in [7, 11) is 0. The minimum absolute atomic E-state index is 0.344. The highest BCUT2D eigenvalue weighted by atomic mass is 16.5. The van der Waals surface area contributed by atoms with Crippen LogP contribution in [0.4, 0.5) is 0 Å². The van der Waals surface area contributed by atoms with Gasteiger partial charge in [-0.05, 0) is 25.5 Å². The van der Waals surface area contributed by atoms with Crippen molar-refractivity contribution in [2.24, 2.45) is 0 Å². The summed E-state index contributed by atoms with van der Waals surface area (Å²) in [5.74, 6) is 0.236. The minimum atomic E-state index is -0.344. The molecule has 2 rings (SSSR count). The van der Waals surface area contributed by atoms with Gasteiger partial charge in [0.1, 0.15) is 5.75 Å². The summed E-state index contributed by atoms with van der Waals surface area (Å²) in [6.45, 7) is 3.73. The molecule has 0 aliphatic rings. The van der Waals surface area contributed by atoms with E-state index in [1.807, 2.05) is 62.4 Å². The number of carbonyl (C=O) groups excluding carboxylic acids is 1. The fraction of sp³-hybridized carbons (Fsp3) is 0.118. The first-order valence-corrected chi connectivity index (χ1v) is 6.18. The Kier molecular flexibility index (Phi) is 4.14. The van der Waals surface area contributed by atoms with Crippen LogP contribution in [0.15, 0.2) is 66.2 Å². The predicted molar refractivity (Wildman–Crippen MR) is 76.9 cm³/mol. The van der Waals surface area contributed by atoms with Gasteiger partial charge in [0.25, 0.3) is 0 Å². The summed E-state index contributed by atoms with van der Waals surface area (Å²) in [5.41, 5.74) is 2.86. The molecule has 0 unspecified atom stereocenters. The molecule has 0 atom stereocenters. The monoisotopic (exact) mass is 252 g/mol. The van der Waals surface area contributed by atoms with Gasteiger partial charge in [0, 0.05) is 11.6 Å². The van der Waals surface area contributed by atoms with Crippen molar-refractivity contribution in [3.63, 3.8) is 0 Å². The lowest BCUT2D eigenvalue weighted by molar-refractivity contribution is -0.129. The largest absolute Gasteiger partial charge is 0.423 e. The third kappa shape index (κ3) is 3.55. The van der Waals surface area contributed by atoms with Crippen molar-refractivity contribution < 1.29 is 9.53 Å². The number of benzene rings is 2. The Morgan fingerprint density at radius 2 is 1.58 bits per heavy atom. The molecule has 96 valence electrons. The lowest BCUT2D eigenvalue weighted by Crippen LogP contribution is -2.05.